The van der Waals surface area contributed by atoms with Crippen LogP contribution in [0.25, 0.3) is 0 Å². The zero-order chi connectivity index (χ0) is 13.8. The zero-order valence-corrected chi connectivity index (χ0v) is 10.9. The highest BCUT2D eigenvalue weighted by Crippen LogP contribution is 2.29. The van der Waals surface area contributed by atoms with Gasteiger partial charge < -0.3 is 15.8 Å². The molecule has 0 aliphatic heterocycles. The Balaban J connectivity index is 2.31. The molecule has 2 rings (SSSR count). The summed E-state index contributed by atoms with van der Waals surface area (Å²) in [4.78, 5) is 16.1. The first-order valence-corrected chi connectivity index (χ1v) is 5.85. The van der Waals surface area contributed by atoms with Crippen molar-refractivity contribution in [3.63, 3.8) is 0 Å². The summed E-state index contributed by atoms with van der Waals surface area (Å²) in [5.41, 5.74) is 6.31. The van der Waals surface area contributed by atoms with E-state index in [2.05, 4.69) is 10.3 Å². The Morgan fingerprint density at radius 3 is 2.84 bits per heavy atom. The number of nitrogens with two attached hydrogens (primary N) is 1. The highest BCUT2D eigenvalue weighted by Gasteiger charge is 2.15. The second-order valence-corrected chi connectivity index (χ2v) is 4.15. The fourth-order valence-corrected chi connectivity index (χ4v) is 1.70. The molecule has 0 bridgehead atoms. The maximum Gasteiger partial charge on any atom is 0.260 e. The number of rotatable bonds is 3. The summed E-state index contributed by atoms with van der Waals surface area (Å²) >= 11 is 5.91. The Kier molecular flexibility index (Phi) is 3.87. The van der Waals surface area contributed by atoms with Crippen molar-refractivity contribution in [1.82, 2.24) is 4.98 Å². The number of aromatic nitrogens is 1. The maximum atomic E-state index is 12.1. The predicted molar refractivity (Wildman–Crippen MR) is 74.6 cm³/mol. The first-order chi connectivity index (χ1) is 9.11. The van der Waals surface area contributed by atoms with Gasteiger partial charge in [0, 0.05) is 12.3 Å². The summed E-state index contributed by atoms with van der Waals surface area (Å²) < 4.78 is 5.12. The van der Waals surface area contributed by atoms with Gasteiger partial charge >= 0.3 is 0 Å². The molecule has 1 aromatic carbocycles. The van der Waals surface area contributed by atoms with Crippen LogP contribution in [0.4, 0.5) is 11.5 Å². The summed E-state index contributed by atoms with van der Waals surface area (Å²) in [5.74, 6) is 0.440. The van der Waals surface area contributed by atoms with Crippen molar-refractivity contribution in [1.29, 1.82) is 0 Å². The molecule has 0 radical (unpaired) electrons. The van der Waals surface area contributed by atoms with Gasteiger partial charge in [0.2, 0.25) is 0 Å². The van der Waals surface area contributed by atoms with Crippen LogP contribution in [0, 0.1) is 0 Å². The van der Waals surface area contributed by atoms with Crippen molar-refractivity contribution >= 4 is 29.0 Å². The van der Waals surface area contributed by atoms with Crippen LogP contribution in [-0.4, -0.2) is 18.0 Å². The number of pyridine rings is 1. The molecule has 0 aliphatic rings. The molecular formula is C13H12ClN3O2. The van der Waals surface area contributed by atoms with Gasteiger partial charge in [-0.2, -0.15) is 0 Å². The molecule has 6 heteroatoms. The summed E-state index contributed by atoms with van der Waals surface area (Å²) in [6.07, 6.45) is 1.59. The molecule has 1 amide bonds. The molecule has 3 N–H and O–H groups in total. The van der Waals surface area contributed by atoms with E-state index in [0.29, 0.717) is 27.8 Å². The summed E-state index contributed by atoms with van der Waals surface area (Å²) in [6.45, 7) is 0. The van der Waals surface area contributed by atoms with Crippen LogP contribution < -0.4 is 15.8 Å². The van der Waals surface area contributed by atoms with Gasteiger partial charge in [0.15, 0.2) is 0 Å². The molecule has 1 aromatic heterocycles. The number of carbonyl (C=O) groups excluding carboxylic acids is 1. The topological polar surface area (TPSA) is 77.2 Å². The van der Waals surface area contributed by atoms with E-state index in [1.54, 1.807) is 24.4 Å². The van der Waals surface area contributed by atoms with Crippen molar-refractivity contribution in [3.8, 4) is 5.75 Å². The summed E-state index contributed by atoms with van der Waals surface area (Å²) in [5, 5.41) is 2.95. The number of benzene rings is 1. The van der Waals surface area contributed by atoms with E-state index in [0.717, 1.165) is 0 Å². The van der Waals surface area contributed by atoms with E-state index in [4.69, 9.17) is 22.1 Å². The van der Waals surface area contributed by atoms with E-state index in [1.807, 2.05) is 0 Å². The van der Waals surface area contributed by atoms with Crippen molar-refractivity contribution in [3.05, 3.63) is 47.1 Å². The van der Waals surface area contributed by atoms with E-state index in [9.17, 15) is 4.79 Å². The minimum Gasteiger partial charge on any atom is -0.496 e. The van der Waals surface area contributed by atoms with Gasteiger partial charge in [0.1, 0.15) is 11.6 Å². The van der Waals surface area contributed by atoms with Crippen molar-refractivity contribution < 1.29 is 9.53 Å². The minimum atomic E-state index is -0.363. The lowest BCUT2D eigenvalue weighted by Gasteiger charge is -2.10. The number of amides is 1. The maximum absolute atomic E-state index is 12.1. The number of halogens is 1. The van der Waals surface area contributed by atoms with Gasteiger partial charge in [0.25, 0.3) is 5.91 Å². The number of hydrogen-bond acceptors (Lipinski definition) is 4. The van der Waals surface area contributed by atoms with Gasteiger partial charge in [-0.25, -0.2) is 4.98 Å². The van der Waals surface area contributed by atoms with Crippen LogP contribution in [-0.2, 0) is 0 Å². The average Bonchev–Trinajstić information content (AvgIpc) is 2.42. The number of nitrogens with zero attached hydrogens (tertiary/aromatic N) is 1. The number of hydrogen-bond donors (Lipinski definition) is 2. The van der Waals surface area contributed by atoms with E-state index in [-0.39, 0.29) is 5.91 Å². The Bertz CT molecular complexity index is 602. The lowest BCUT2D eigenvalue weighted by atomic mass is 10.1. The molecule has 98 valence electrons. The minimum absolute atomic E-state index is 0.298. The highest BCUT2D eigenvalue weighted by molar-refractivity contribution is 6.33. The summed E-state index contributed by atoms with van der Waals surface area (Å²) in [7, 11) is 1.46. The van der Waals surface area contributed by atoms with Crippen LogP contribution in [0.15, 0.2) is 36.5 Å². The van der Waals surface area contributed by atoms with E-state index < -0.39 is 0 Å². The Labute approximate surface area is 115 Å². The predicted octanol–water partition coefficient (Wildman–Crippen LogP) is 2.58. The lowest BCUT2D eigenvalue weighted by Crippen LogP contribution is -2.14. The van der Waals surface area contributed by atoms with Crippen LogP contribution in [0.2, 0.25) is 5.02 Å². The average molecular weight is 278 g/mol. The molecule has 5 nitrogen and oxygen atoms in total. The smallest absolute Gasteiger partial charge is 0.260 e. The second-order valence-electron chi connectivity index (χ2n) is 3.74. The molecule has 19 heavy (non-hydrogen) atoms. The highest BCUT2D eigenvalue weighted by atomic mass is 35.5. The molecule has 0 saturated carbocycles. The first kappa shape index (κ1) is 13.2. The third kappa shape index (κ3) is 2.95. The third-order valence-corrected chi connectivity index (χ3v) is 2.80. The third-order valence-electron chi connectivity index (χ3n) is 2.47. The normalized spacial score (nSPS) is 10.0. The largest absolute Gasteiger partial charge is 0.496 e. The molecule has 0 spiro atoms. The van der Waals surface area contributed by atoms with Crippen molar-refractivity contribution in [2.24, 2.45) is 0 Å². The number of carbonyl (C=O) groups is 1. The number of nitrogens with one attached hydrogen (secondary N) is 1. The molecule has 0 unspecified atom stereocenters. The van der Waals surface area contributed by atoms with Gasteiger partial charge in [-0.05, 0) is 18.2 Å². The molecule has 0 aliphatic carbocycles. The monoisotopic (exact) mass is 277 g/mol. The van der Waals surface area contributed by atoms with Crippen LogP contribution in [0.5, 0.6) is 5.75 Å². The number of methoxy groups -OCH3 is 1. The van der Waals surface area contributed by atoms with Gasteiger partial charge in [-0.1, -0.05) is 17.7 Å². The Morgan fingerprint density at radius 1 is 1.42 bits per heavy atom. The first-order valence-electron chi connectivity index (χ1n) is 5.47. The van der Waals surface area contributed by atoms with E-state index in [1.165, 1.54) is 19.2 Å². The second kappa shape index (κ2) is 5.58. The molecule has 0 saturated heterocycles. The standard InChI is InChI=1S/C13H12ClN3O2/c1-19-11-7-10(15)9(14)6-8(11)13(18)17-12-4-2-3-5-16-12/h2-7H,15H2,1H3,(H,16,17,18). The molecule has 0 atom stereocenters. The molecule has 1 heterocycles. The van der Waals surface area contributed by atoms with E-state index >= 15 is 0 Å². The number of anilines is 2. The SMILES string of the molecule is COc1cc(N)c(Cl)cc1C(=O)Nc1ccccn1. The molecular weight excluding hydrogens is 266 g/mol. The Hall–Kier alpha value is -2.27. The summed E-state index contributed by atoms with van der Waals surface area (Å²) in [6, 6.07) is 8.19. The number of nitrogen functional groups attached to an aromatic ring is 1. The van der Waals surface area contributed by atoms with Gasteiger partial charge in [0.05, 0.1) is 23.4 Å². The van der Waals surface area contributed by atoms with Crippen LogP contribution in [0.3, 0.4) is 0 Å². The molecule has 0 fully saturated rings. The van der Waals surface area contributed by atoms with Crippen molar-refractivity contribution in [2.45, 2.75) is 0 Å². The lowest BCUT2D eigenvalue weighted by molar-refractivity contribution is 0.102. The zero-order valence-electron chi connectivity index (χ0n) is 10.2. The number of ether oxygens (including phenoxy) is 1. The van der Waals surface area contributed by atoms with Gasteiger partial charge in [-0.15, -0.1) is 0 Å². The Morgan fingerprint density at radius 2 is 2.21 bits per heavy atom. The molecule has 2 aromatic rings. The van der Waals surface area contributed by atoms with Gasteiger partial charge in [-0.3, -0.25) is 4.79 Å². The quantitative estimate of drug-likeness (QED) is 0.846. The fraction of sp³-hybridized carbons (Fsp3) is 0.0769. The van der Waals surface area contributed by atoms with Crippen LogP contribution in [0.1, 0.15) is 10.4 Å². The van der Waals surface area contributed by atoms with Crippen LogP contribution >= 0.6 is 11.6 Å². The van der Waals surface area contributed by atoms with Crippen molar-refractivity contribution in [2.75, 3.05) is 18.2 Å². The fourth-order valence-electron chi connectivity index (χ4n) is 1.54.